The third-order valence-corrected chi connectivity index (χ3v) is 2.31. The summed E-state index contributed by atoms with van der Waals surface area (Å²) in [6.07, 6.45) is 1.12. The Morgan fingerprint density at radius 2 is 1.71 bits per heavy atom. The van der Waals surface area contributed by atoms with Crippen LogP contribution in [0.25, 0.3) is 0 Å². The number of nitrogens with two attached hydrogens (primary N) is 2. The summed E-state index contributed by atoms with van der Waals surface area (Å²) in [4.78, 5) is 0. The Morgan fingerprint density at radius 3 is 2.14 bits per heavy atom. The van der Waals surface area contributed by atoms with Crippen LogP contribution in [0.2, 0.25) is 0 Å². The van der Waals surface area contributed by atoms with E-state index in [9.17, 15) is 0 Å². The molecular weight excluding hydrogens is 172 g/mol. The topological polar surface area (TPSA) is 52.0 Å². The van der Waals surface area contributed by atoms with E-state index in [2.05, 4.69) is 38.1 Å². The van der Waals surface area contributed by atoms with Crippen LogP contribution < -0.4 is 11.5 Å². The van der Waals surface area contributed by atoms with Gasteiger partial charge in [0.2, 0.25) is 0 Å². The molecule has 4 N–H and O–H groups in total. The van der Waals surface area contributed by atoms with Gasteiger partial charge in [-0.15, -0.1) is 0 Å². The van der Waals surface area contributed by atoms with Crippen molar-refractivity contribution in [2.45, 2.75) is 26.3 Å². The molecule has 1 atom stereocenters. The van der Waals surface area contributed by atoms with Crippen LogP contribution in [0.15, 0.2) is 24.3 Å². The summed E-state index contributed by atoms with van der Waals surface area (Å²) in [5.74, 6) is 0.698. The van der Waals surface area contributed by atoms with Gasteiger partial charge in [0.05, 0.1) is 0 Å². The second-order valence-electron chi connectivity index (χ2n) is 4.18. The maximum Gasteiger partial charge on any atom is 0.0419 e. The van der Waals surface area contributed by atoms with Gasteiger partial charge in [0.25, 0.3) is 0 Å². The van der Waals surface area contributed by atoms with E-state index in [4.69, 9.17) is 11.5 Å². The van der Waals surface area contributed by atoms with Crippen LogP contribution in [0, 0.1) is 5.92 Å². The molecule has 0 unspecified atom stereocenters. The molecule has 0 spiro atoms. The second-order valence-corrected chi connectivity index (χ2v) is 4.18. The molecule has 0 aliphatic heterocycles. The highest BCUT2D eigenvalue weighted by atomic mass is 14.7. The Labute approximate surface area is 86.3 Å². The van der Waals surface area contributed by atoms with Gasteiger partial charge < -0.3 is 11.5 Å². The summed E-state index contributed by atoms with van der Waals surface area (Å²) in [5, 5.41) is 0. The van der Waals surface area contributed by atoms with Crippen LogP contribution in [0.4, 0.5) is 0 Å². The molecule has 0 aliphatic rings. The quantitative estimate of drug-likeness (QED) is 0.765. The first-order valence-electron chi connectivity index (χ1n) is 5.18. The molecule has 1 aromatic rings. The molecule has 14 heavy (non-hydrogen) atoms. The van der Waals surface area contributed by atoms with Crippen LogP contribution in [0.3, 0.4) is 0 Å². The van der Waals surface area contributed by atoms with E-state index in [-0.39, 0.29) is 6.04 Å². The number of hydrogen-bond acceptors (Lipinski definition) is 2. The maximum absolute atomic E-state index is 5.82. The zero-order valence-corrected chi connectivity index (χ0v) is 9.03. The van der Waals surface area contributed by atoms with Crippen LogP contribution in [0.1, 0.15) is 31.0 Å². The Bertz CT molecular complexity index is 264. The van der Waals surface area contributed by atoms with Gasteiger partial charge in [-0.25, -0.2) is 0 Å². The minimum absolute atomic E-state index is 0.0249. The second kappa shape index (κ2) is 5.13. The molecule has 0 aliphatic carbocycles. The van der Waals surface area contributed by atoms with E-state index in [1.54, 1.807) is 0 Å². The van der Waals surface area contributed by atoms with Gasteiger partial charge in [-0.3, -0.25) is 0 Å². The molecular formula is C12H20N2. The predicted molar refractivity (Wildman–Crippen MR) is 61.0 cm³/mol. The predicted octanol–water partition coefficient (Wildman–Crippen LogP) is 1.84. The van der Waals surface area contributed by atoms with E-state index >= 15 is 0 Å². The minimum Gasteiger partial charge on any atom is -0.329 e. The molecule has 1 rings (SSSR count). The molecule has 0 fully saturated rings. The van der Waals surface area contributed by atoms with Crippen molar-refractivity contribution < 1.29 is 0 Å². The fraction of sp³-hybridized carbons (Fsp3) is 0.500. The summed E-state index contributed by atoms with van der Waals surface area (Å²) in [6, 6.07) is 8.42. The van der Waals surface area contributed by atoms with Crippen molar-refractivity contribution in [2.24, 2.45) is 17.4 Å². The average molecular weight is 192 g/mol. The molecule has 0 radical (unpaired) electrons. The van der Waals surface area contributed by atoms with E-state index in [1.807, 2.05) is 0 Å². The van der Waals surface area contributed by atoms with Crippen LogP contribution >= 0.6 is 0 Å². The molecule has 2 heteroatoms. The van der Waals surface area contributed by atoms with Gasteiger partial charge in [-0.1, -0.05) is 38.1 Å². The summed E-state index contributed by atoms with van der Waals surface area (Å²) < 4.78 is 0. The smallest absolute Gasteiger partial charge is 0.0419 e. The first-order chi connectivity index (χ1) is 6.63. The highest BCUT2D eigenvalue weighted by Gasteiger charge is 2.03. The van der Waals surface area contributed by atoms with Crippen molar-refractivity contribution >= 4 is 0 Å². The lowest BCUT2D eigenvalue weighted by Crippen LogP contribution is -2.20. The van der Waals surface area contributed by atoms with Gasteiger partial charge in [-0.05, 0) is 23.5 Å². The summed E-state index contributed by atoms with van der Waals surface area (Å²) in [5.41, 5.74) is 13.8. The van der Waals surface area contributed by atoms with Crippen molar-refractivity contribution in [3.8, 4) is 0 Å². The lowest BCUT2D eigenvalue weighted by atomic mass is 10.00. The lowest BCUT2D eigenvalue weighted by molar-refractivity contribution is 0.646. The number of hydrogen-bond donors (Lipinski definition) is 2. The van der Waals surface area contributed by atoms with Crippen LogP contribution in [0.5, 0.6) is 0 Å². The summed E-state index contributed by atoms with van der Waals surface area (Å²) in [6.45, 7) is 4.95. The number of rotatable bonds is 4. The lowest BCUT2D eigenvalue weighted by Gasteiger charge is -2.10. The third kappa shape index (κ3) is 3.13. The van der Waals surface area contributed by atoms with Crippen molar-refractivity contribution in [1.82, 2.24) is 0 Å². The number of benzene rings is 1. The highest BCUT2D eigenvalue weighted by molar-refractivity contribution is 5.25. The fourth-order valence-electron chi connectivity index (χ4n) is 1.51. The molecule has 0 saturated heterocycles. The third-order valence-electron chi connectivity index (χ3n) is 2.31. The molecule has 1 aromatic carbocycles. The Balaban J connectivity index is 2.68. The fourth-order valence-corrected chi connectivity index (χ4v) is 1.51. The molecule has 0 saturated carbocycles. The van der Waals surface area contributed by atoms with Crippen molar-refractivity contribution in [1.29, 1.82) is 0 Å². The molecule has 0 heterocycles. The van der Waals surface area contributed by atoms with Crippen LogP contribution in [-0.2, 0) is 6.42 Å². The molecule has 2 nitrogen and oxygen atoms in total. The highest BCUT2D eigenvalue weighted by Crippen LogP contribution is 2.13. The zero-order chi connectivity index (χ0) is 10.6. The largest absolute Gasteiger partial charge is 0.329 e. The Kier molecular flexibility index (Phi) is 4.11. The SMILES string of the molecule is CC(C)Cc1ccc([C@@H](N)CN)cc1. The molecule has 0 amide bonds. The van der Waals surface area contributed by atoms with Crippen molar-refractivity contribution in [3.05, 3.63) is 35.4 Å². The maximum atomic E-state index is 5.82. The van der Waals surface area contributed by atoms with Gasteiger partial charge in [0.15, 0.2) is 0 Å². The zero-order valence-electron chi connectivity index (χ0n) is 9.03. The van der Waals surface area contributed by atoms with Gasteiger partial charge in [0, 0.05) is 12.6 Å². The van der Waals surface area contributed by atoms with E-state index < -0.39 is 0 Å². The van der Waals surface area contributed by atoms with Gasteiger partial charge in [0.1, 0.15) is 0 Å². The molecule has 0 bridgehead atoms. The van der Waals surface area contributed by atoms with Crippen molar-refractivity contribution in [3.63, 3.8) is 0 Å². The van der Waals surface area contributed by atoms with Gasteiger partial charge in [-0.2, -0.15) is 0 Å². The van der Waals surface area contributed by atoms with Crippen molar-refractivity contribution in [2.75, 3.05) is 6.54 Å². The van der Waals surface area contributed by atoms with E-state index in [1.165, 1.54) is 5.56 Å². The monoisotopic (exact) mass is 192 g/mol. The Morgan fingerprint density at radius 1 is 1.14 bits per heavy atom. The Hall–Kier alpha value is -0.860. The first kappa shape index (κ1) is 11.2. The van der Waals surface area contributed by atoms with E-state index in [0.717, 1.165) is 12.0 Å². The average Bonchev–Trinajstić information content (AvgIpc) is 2.17. The van der Waals surface area contributed by atoms with E-state index in [0.29, 0.717) is 12.5 Å². The first-order valence-corrected chi connectivity index (χ1v) is 5.18. The molecule has 0 aromatic heterocycles. The summed E-state index contributed by atoms with van der Waals surface area (Å²) >= 11 is 0. The minimum atomic E-state index is -0.0249. The molecule has 78 valence electrons. The van der Waals surface area contributed by atoms with Gasteiger partial charge >= 0.3 is 0 Å². The standard InChI is InChI=1S/C12H20N2/c1-9(2)7-10-3-5-11(6-4-10)12(14)8-13/h3-6,9,12H,7-8,13-14H2,1-2H3/t12-/m0/s1. The summed E-state index contributed by atoms with van der Waals surface area (Å²) in [7, 11) is 0. The normalized spacial score (nSPS) is 13.2. The van der Waals surface area contributed by atoms with Crippen LogP contribution in [-0.4, -0.2) is 6.54 Å².